The van der Waals surface area contributed by atoms with Crippen molar-refractivity contribution in [2.75, 3.05) is 0 Å². The molecule has 0 radical (unpaired) electrons. The molecule has 1 aliphatic carbocycles. The van der Waals surface area contributed by atoms with Crippen molar-refractivity contribution in [1.82, 2.24) is 9.97 Å². The number of nitrogens with zero attached hydrogens (tertiary/aromatic N) is 2. The van der Waals surface area contributed by atoms with Crippen LogP contribution in [0.3, 0.4) is 0 Å². The van der Waals surface area contributed by atoms with Gasteiger partial charge in [0.15, 0.2) is 11.6 Å². The number of fused-ring (bicyclic) bond motifs is 1. The number of carbonyl (C=O) groups excluding carboxylic acids is 2. The molecule has 0 saturated heterocycles. The van der Waals surface area contributed by atoms with Gasteiger partial charge in [0.25, 0.3) is 0 Å². The number of aromatic nitrogens is 2. The van der Waals surface area contributed by atoms with Gasteiger partial charge in [-0.25, -0.2) is 0 Å². The lowest BCUT2D eigenvalue weighted by molar-refractivity contribution is 0.0888. The smallest absolute Gasteiger partial charge is 0.197 e. The van der Waals surface area contributed by atoms with E-state index in [1.165, 1.54) is 6.20 Å². The molecule has 4 heteroatoms. The quantitative estimate of drug-likeness (QED) is 0.691. The van der Waals surface area contributed by atoms with E-state index in [4.69, 9.17) is 0 Å². The monoisotopic (exact) mass is 224 g/mol. The standard InChI is InChI=1S/C13H8N2O2/c16-12-9-2-1-5-15-11(9)13(17)10(12)8-3-6-14-7-4-8/h1-7,10H. The number of hydrogen-bond acceptors (Lipinski definition) is 4. The summed E-state index contributed by atoms with van der Waals surface area (Å²) in [7, 11) is 0. The fourth-order valence-electron chi connectivity index (χ4n) is 2.07. The van der Waals surface area contributed by atoms with Crippen LogP contribution < -0.4 is 0 Å². The van der Waals surface area contributed by atoms with Crippen LogP contribution in [0, 0.1) is 0 Å². The Balaban J connectivity index is 2.13. The minimum atomic E-state index is -0.747. The van der Waals surface area contributed by atoms with Gasteiger partial charge < -0.3 is 0 Å². The molecule has 2 heterocycles. The van der Waals surface area contributed by atoms with Gasteiger partial charge in [-0.1, -0.05) is 0 Å². The van der Waals surface area contributed by atoms with Gasteiger partial charge in [0, 0.05) is 24.2 Å². The van der Waals surface area contributed by atoms with Crippen LogP contribution in [-0.2, 0) is 0 Å². The summed E-state index contributed by atoms with van der Waals surface area (Å²) in [4.78, 5) is 32.1. The number of rotatable bonds is 1. The van der Waals surface area contributed by atoms with Crippen LogP contribution in [0.5, 0.6) is 0 Å². The maximum atomic E-state index is 12.1. The third kappa shape index (κ3) is 1.38. The molecule has 0 fully saturated rings. The summed E-state index contributed by atoms with van der Waals surface area (Å²) in [6.07, 6.45) is 4.68. The second-order valence-electron chi connectivity index (χ2n) is 3.84. The van der Waals surface area contributed by atoms with Gasteiger partial charge in [-0.15, -0.1) is 0 Å². The summed E-state index contributed by atoms with van der Waals surface area (Å²) in [5.41, 5.74) is 1.37. The van der Waals surface area contributed by atoms with Crippen LogP contribution in [0.15, 0.2) is 42.9 Å². The molecule has 0 amide bonds. The topological polar surface area (TPSA) is 59.9 Å². The van der Waals surface area contributed by atoms with Crippen molar-refractivity contribution in [1.29, 1.82) is 0 Å². The average molecular weight is 224 g/mol. The van der Waals surface area contributed by atoms with Crippen molar-refractivity contribution < 1.29 is 9.59 Å². The molecule has 4 nitrogen and oxygen atoms in total. The van der Waals surface area contributed by atoms with Gasteiger partial charge in [-0.3, -0.25) is 19.6 Å². The highest BCUT2D eigenvalue weighted by Gasteiger charge is 2.40. The van der Waals surface area contributed by atoms with Gasteiger partial charge >= 0.3 is 0 Å². The number of carbonyl (C=O) groups is 2. The summed E-state index contributed by atoms with van der Waals surface area (Å²) >= 11 is 0. The molecule has 82 valence electrons. The van der Waals surface area contributed by atoms with Gasteiger partial charge in [-0.2, -0.15) is 0 Å². The molecular weight excluding hydrogens is 216 g/mol. The Bertz CT molecular complexity index is 573. The van der Waals surface area contributed by atoms with E-state index < -0.39 is 5.92 Å². The molecule has 17 heavy (non-hydrogen) atoms. The van der Waals surface area contributed by atoms with Gasteiger partial charge in [-0.05, 0) is 29.8 Å². The molecule has 2 aromatic rings. The van der Waals surface area contributed by atoms with E-state index in [9.17, 15) is 9.59 Å². The summed E-state index contributed by atoms with van der Waals surface area (Å²) in [5, 5.41) is 0. The number of pyridine rings is 2. The lowest BCUT2D eigenvalue weighted by Crippen LogP contribution is -2.12. The van der Waals surface area contributed by atoms with Crippen LogP contribution >= 0.6 is 0 Å². The Kier molecular flexibility index (Phi) is 2.08. The van der Waals surface area contributed by atoms with E-state index in [1.54, 1.807) is 36.7 Å². The normalized spacial score (nSPS) is 18.2. The first-order valence-electron chi connectivity index (χ1n) is 5.22. The van der Waals surface area contributed by atoms with Crippen LogP contribution in [0.25, 0.3) is 0 Å². The Morgan fingerprint density at radius 3 is 2.41 bits per heavy atom. The molecular formula is C13H8N2O2. The van der Waals surface area contributed by atoms with Gasteiger partial charge in [0.1, 0.15) is 11.6 Å². The SMILES string of the molecule is O=C1c2cccnc2C(=O)C1c1ccncc1. The zero-order chi connectivity index (χ0) is 11.8. The van der Waals surface area contributed by atoms with E-state index in [-0.39, 0.29) is 17.3 Å². The number of hydrogen-bond donors (Lipinski definition) is 0. The van der Waals surface area contributed by atoms with Crippen molar-refractivity contribution in [2.45, 2.75) is 5.92 Å². The van der Waals surface area contributed by atoms with Gasteiger partial charge in [0.05, 0.1) is 0 Å². The van der Waals surface area contributed by atoms with Crippen molar-refractivity contribution in [3.05, 3.63) is 59.7 Å². The minimum absolute atomic E-state index is 0.177. The number of Topliss-reactive ketones (excluding diaryl/α,β-unsaturated/α-hetero) is 2. The van der Waals surface area contributed by atoms with Crippen LogP contribution in [0.2, 0.25) is 0 Å². The molecule has 0 saturated carbocycles. The molecule has 1 atom stereocenters. The molecule has 0 aliphatic heterocycles. The first-order valence-corrected chi connectivity index (χ1v) is 5.22. The molecule has 1 unspecified atom stereocenters. The van der Waals surface area contributed by atoms with Crippen LogP contribution in [-0.4, -0.2) is 21.5 Å². The zero-order valence-electron chi connectivity index (χ0n) is 8.83. The van der Waals surface area contributed by atoms with Gasteiger partial charge in [0.2, 0.25) is 0 Å². The Hall–Kier alpha value is -2.36. The number of ketones is 2. The van der Waals surface area contributed by atoms with Crippen LogP contribution in [0.4, 0.5) is 0 Å². The highest BCUT2D eigenvalue weighted by molar-refractivity contribution is 6.28. The maximum absolute atomic E-state index is 12.1. The van der Waals surface area contributed by atoms with Crippen molar-refractivity contribution >= 4 is 11.6 Å². The van der Waals surface area contributed by atoms with E-state index in [2.05, 4.69) is 9.97 Å². The molecule has 0 bridgehead atoms. The van der Waals surface area contributed by atoms with E-state index in [1.807, 2.05) is 0 Å². The molecule has 0 aromatic carbocycles. The average Bonchev–Trinajstić information content (AvgIpc) is 2.64. The fourth-order valence-corrected chi connectivity index (χ4v) is 2.07. The first-order chi connectivity index (χ1) is 8.29. The lowest BCUT2D eigenvalue weighted by atomic mass is 9.96. The predicted octanol–water partition coefficient (Wildman–Crippen LogP) is 1.64. The summed E-state index contributed by atoms with van der Waals surface area (Å²) in [5.74, 6) is -1.15. The van der Waals surface area contributed by atoms with E-state index >= 15 is 0 Å². The summed E-state index contributed by atoms with van der Waals surface area (Å²) < 4.78 is 0. The van der Waals surface area contributed by atoms with E-state index in [0.29, 0.717) is 11.1 Å². The zero-order valence-corrected chi connectivity index (χ0v) is 8.83. The Morgan fingerprint density at radius 2 is 1.71 bits per heavy atom. The van der Waals surface area contributed by atoms with Crippen molar-refractivity contribution in [3.63, 3.8) is 0 Å². The second-order valence-corrected chi connectivity index (χ2v) is 3.84. The van der Waals surface area contributed by atoms with Crippen molar-refractivity contribution in [2.24, 2.45) is 0 Å². The molecule has 0 spiro atoms. The second kappa shape index (κ2) is 3.59. The fraction of sp³-hybridized carbons (Fsp3) is 0.0769. The first kappa shape index (κ1) is 9.84. The predicted molar refractivity (Wildman–Crippen MR) is 59.9 cm³/mol. The summed E-state index contributed by atoms with van der Waals surface area (Å²) in [6, 6.07) is 6.68. The highest BCUT2D eigenvalue weighted by atomic mass is 16.2. The molecule has 2 aromatic heterocycles. The summed E-state index contributed by atoms with van der Waals surface area (Å²) in [6.45, 7) is 0. The highest BCUT2D eigenvalue weighted by Crippen LogP contribution is 2.32. The van der Waals surface area contributed by atoms with Crippen molar-refractivity contribution in [3.8, 4) is 0 Å². The molecule has 0 N–H and O–H groups in total. The van der Waals surface area contributed by atoms with Crippen LogP contribution in [0.1, 0.15) is 32.3 Å². The Morgan fingerprint density at radius 1 is 0.941 bits per heavy atom. The Labute approximate surface area is 97.3 Å². The maximum Gasteiger partial charge on any atom is 0.197 e. The lowest BCUT2D eigenvalue weighted by Gasteiger charge is -2.05. The third-order valence-electron chi connectivity index (χ3n) is 2.87. The molecule has 3 rings (SSSR count). The largest absolute Gasteiger partial charge is 0.293 e. The third-order valence-corrected chi connectivity index (χ3v) is 2.87. The van der Waals surface area contributed by atoms with E-state index in [0.717, 1.165) is 0 Å². The minimum Gasteiger partial charge on any atom is -0.293 e. The molecule has 1 aliphatic rings.